The van der Waals surface area contributed by atoms with E-state index in [0.717, 1.165) is 31.7 Å². The summed E-state index contributed by atoms with van der Waals surface area (Å²) in [6.45, 7) is 5.62. The predicted molar refractivity (Wildman–Crippen MR) is 75.6 cm³/mol. The highest BCUT2D eigenvalue weighted by Crippen LogP contribution is 2.27. The van der Waals surface area contributed by atoms with Crippen molar-refractivity contribution in [3.63, 3.8) is 0 Å². The first-order chi connectivity index (χ1) is 9.22. The van der Waals surface area contributed by atoms with E-state index < -0.39 is 0 Å². The van der Waals surface area contributed by atoms with Gasteiger partial charge >= 0.3 is 6.03 Å². The number of aromatic hydroxyl groups is 1. The Hall–Kier alpha value is -1.91. The molecule has 0 radical (unpaired) electrons. The normalized spacial score (nSPS) is 15.4. The lowest BCUT2D eigenvalue weighted by Crippen LogP contribution is -2.52. The first-order valence-electron chi connectivity index (χ1n) is 6.78. The summed E-state index contributed by atoms with van der Waals surface area (Å²) >= 11 is 0. The molecule has 1 fully saturated rings. The number of benzene rings is 1. The molecule has 1 aromatic carbocycles. The van der Waals surface area contributed by atoms with E-state index >= 15 is 0 Å². The fourth-order valence-corrected chi connectivity index (χ4v) is 2.23. The topological polar surface area (TPSA) is 55.8 Å². The predicted octanol–water partition coefficient (Wildman–Crippen LogP) is 1.63. The summed E-state index contributed by atoms with van der Waals surface area (Å²) in [4.78, 5) is 15.7. The maximum atomic E-state index is 11.8. The van der Waals surface area contributed by atoms with Gasteiger partial charge in [0.1, 0.15) is 5.75 Å². The number of amides is 2. The molecule has 1 aliphatic heterocycles. The molecule has 104 valence electrons. The van der Waals surface area contributed by atoms with Crippen LogP contribution < -0.4 is 10.2 Å². The molecule has 1 aliphatic rings. The van der Waals surface area contributed by atoms with Gasteiger partial charge in [0.15, 0.2) is 0 Å². The van der Waals surface area contributed by atoms with Crippen molar-refractivity contribution in [1.29, 1.82) is 0 Å². The van der Waals surface area contributed by atoms with E-state index in [1.807, 2.05) is 30.0 Å². The van der Waals surface area contributed by atoms with Crippen molar-refractivity contribution in [3.05, 3.63) is 24.3 Å². The first kappa shape index (κ1) is 13.5. The Bertz CT molecular complexity index is 428. The Balaban J connectivity index is 1.89. The molecule has 2 N–H and O–H groups in total. The average molecular weight is 263 g/mol. The van der Waals surface area contributed by atoms with Crippen LogP contribution in [-0.4, -0.2) is 48.8 Å². The second kappa shape index (κ2) is 6.31. The molecule has 0 unspecified atom stereocenters. The van der Waals surface area contributed by atoms with Crippen molar-refractivity contribution >= 4 is 11.7 Å². The third-order valence-electron chi connectivity index (χ3n) is 3.32. The van der Waals surface area contributed by atoms with E-state index in [4.69, 9.17) is 0 Å². The van der Waals surface area contributed by atoms with E-state index in [9.17, 15) is 9.90 Å². The zero-order chi connectivity index (χ0) is 13.7. The van der Waals surface area contributed by atoms with Crippen molar-refractivity contribution in [1.82, 2.24) is 10.2 Å². The van der Waals surface area contributed by atoms with Crippen LogP contribution in [-0.2, 0) is 0 Å². The smallest absolute Gasteiger partial charge is 0.317 e. The van der Waals surface area contributed by atoms with Gasteiger partial charge in [0.25, 0.3) is 0 Å². The van der Waals surface area contributed by atoms with Crippen LogP contribution in [0.1, 0.15) is 13.3 Å². The molecule has 19 heavy (non-hydrogen) atoms. The molecule has 0 bridgehead atoms. The average Bonchev–Trinajstić information content (AvgIpc) is 2.45. The van der Waals surface area contributed by atoms with Gasteiger partial charge in [0, 0.05) is 32.7 Å². The monoisotopic (exact) mass is 263 g/mol. The summed E-state index contributed by atoms with van der Waals surface area (Å²) in [5.41, 5.74) is 0.844. The Labute approximate surface area is 113 Å². The van der Waals surface area contributed by atoms with E-state index in [1.54, 1.807) is 6.07 Å². The molecule has 0 spiro atoms. The van der Waals surface area contributed by atoms with Crippen LogP contribution in [0.2, 0.25) is 0 Å². The molecule has 1 saturated heterocycles. The number of rotatable bonds is 3. The lowest BCUT2D eigenvalue weighted by molar-refractivity contribution is 0.194. The Morgan fingerprint density at radius 3 is 2.58 bits per heavy atom. The fourth-order valence-electron chi connectivity index (χ4n) is 2.23. The third kappa shape index (κ3) is 3.30. The highest BCUT2D eigenvalue weighted by molar-refractivity contribution is 5.74. The van der Waals surface area contributed by atoms with Gasteiger partial charge in [-0.05, 0) is 18.6 Å². The van der Waals surface area contributed by atoms with Crippen molar-refractivity contribution in [2.24, 2.45) is 0 Å². The van der Waals surface area contributed by atoms with Crippen molar-refractivity contribution in [3.8, 4) is 5.75 Å². The second-order valence-corrected chi connectivity index (χ2v) is 4.69. The summed E-state index contributed by atoms with van der Waals surface area (Å²) in [6.07, 6.45) is 0.948. The minimum absolute atomic E-state index is 0.0128. The fraction of sp³-hybridized carbons (Fsp3) is 0.500. The Morgan fingerprint density at radius 1 is 1.26 bits per heavy atom. The molecule has 0 saturated carbocycles. The number of nitrogens with zero attached hydrogens (tertiary/aromatic N) is 2. The van der Waals surface area contributed by atoms with Gasteiger partial charge in [0.2, 0.25) is 0 Å². The maximum Gasteiger partial charge on any atom is 0.317 e. The summed E-state index contributed by atoms with van der Waals surface area (Å²) in [6, 6.07) is 7.33. The molecule has 1 aromatic rings. The molecule has 2 rings (SSSR count). The lowest BCUT2D eigenvalue weighted by atomic mass is 10.2. The van der Waals surface area contributed by atoms with Gasteiger partial charge in [-0.25, -0.2) is 4.79 Å². The van der Waals surface area contributed by atoms with Crippen LogP contribution in [0.15, 0.2) is 24.3 Å². The van der Waals surface area contributed by atoms with Crippen molar-refractivity contribution in [2.75, 3.05) is 37.6 Å². The molecule has 5 heteroatoms. The number of carbonyl (C=O) groups excluding carboxylic acids is 1. The molecule has 0 atom stereocenters. The highest BCUT2D eigenvalue weighted by Gasteiger charge is 2.21. The van der Waals surface area contributed by atoms with Gasteiger partial charge in [-0.1, -0.05) is 19.1 Å². The molecule has 2 amide bonds. The summed E-state index contributed by atoms with van der Waals surface area (Å²) in [5.74, 6) is 0.298. The Kier molecular flexibility index (Phi) is 4.49. The maximum absolute atomic E-state index is 11.8. The number of carbonyl (C=O) groups is 1. The SMILES string of the molecule is CCCNC(=O)N1CCN(c2ccccc2O)CC1. The second-order valence-electron chi connectivity index (χ2n) is 4.69. The zero-order valence-electron chi connectivity index (χ0n) is 11.3. The molecule has 0 aromatic heterocycles. The van der Waals surface area contributed by atoms with Gasteiger partial charge in [-0.2, -0.15) is 0 Å². The van der Waals surface area contributed by atoms with Crippen molar-refractivity contribution < 1.29 is 9.90 Å². The molecule has 5 nitrogen and oxygen atoms in total. The van der Waals surface area contributed by atoms with Crippen LogP contribution in [0.4, 0.5) is 10.5 Å². The number of para-hydroxylation sites is 2. The van der Waals surface area contributed by atoms with E-state index in [1.165, 1.54) is 0 Å². The van der Waals surface area contributed by atoms with Crippen LogP contribution in [0.3, 0.4) is 0 Å². The summed E-state index contributed by atoms with van der Waals surface area (Å²) in [5, 5.41) is 12.7. The summed E-state index contributed by atoms with van der Waals surface area (Å²) < 4.78 is 0. The molecular weight excluding hydrogens is 242 g/mol. The zero-order valence-corrected chi connectivity index (χ0v) is 11.3. The number of nitrogens with one attached hydrogen (secondary N) is 1. The number of urea groups is 1. The van der Waals surface area contributed by atoms with Gasteiger partial charge in [-0.3, -0.25) is 0 Å². The number of piperazine rings is 1. The lowest BCUT2D eigenvalue weighted by Gasteiger charge is -2.36. The van der Waals surface area contributed by atoms with Crippen LogP contribution in [0.25, 0.3) is 0 Å². The molecule has 0 aliphatic carbocycles. The number of hydrogen-bond acceptors (Lipinski definition) is 3. The highest BCUT2D eigenvalue weighted by atomic mass is 16.3. The number of phenolic OH excluding ortho intramolecular Hbond substituents is 1. The largest absolute Gasteiger partial charge is 0.506 e. The minimum Gasteiger partial charge on any atom is -0.506 e. The molecular formula is C14H21N3O2. The van der Waals surface area contributed by atoms with Crippen LogP contribution in [0.5, 0.6) is 5.75 Å². The number of phenols is 1. The quantitative estimate of drug-likeness (QED) is 0.871. The van der Waals surface area contributed by atoms with Gasteiger partial charge < -0.3 is 20.2 Å². The van der Waals surface area contributed by atoms with Crippen LogP contribution >= 0.6 is 0 Å². The van der Waals surface area contributed by atoms with Crippen molar-refractivity contribution in [2.45, 2.75) is 13.3 Å². The van der Waals surface area contributed by atoms with Gasteiger partial charge in [-0.15, -0.1) is 0 Å². The van der Waals surface area contributed by atoms with Gasteiger partial charge in [0.05, 0.1) is 5.69 Å². The third-order valence-corrected chi connectivity index (χ3v) is 3.32. The van der Waals surface area contributed by atoms with E-state index in [2.05, 4.69) is 10.2 Å². The Morgan fingerprint density at radius 2 is 1.95 bits per heavy atom. The summed E-state index contributed by atoms with van der Waals surface area (Å²) in [7, 11) is 0. The molecule has 1 heterocycles. The van der Waals surface area contributed by atoms with E-state index in [0.29, 0.717) is 18.8 Å². The minimum atomic E-state index is 0.0128. The standard InChI is InChI=1S/C14H21N3O2/c1-2-7-15-14(19)17-10-8-16(9-11-17)12-5-3-4-6-13(12)18/h3-6,18H,2,7-11H2,1H3,(H,15,19). The number of hydrogen-bond donors (Lipinski definition) is 2. The number of anilines is 1. The first-order valence-corrected chi connectivity index (χ1v) is 6.78. The van der Waals surface area contributed by atoms with Crippen LogP contribution in [0, 0.1) is 0 Å². The van der Waals surface area contributed by atoms with E-state index in [-0.39, 0.29) is 6.03 Å².